The van der Waals surface area contributed by atoms with Gasteiger partial charge in [-0.15, -0.1) is 11.8 Å². The minimum absolute atomic E-state index is 0.0903. The van der Waals surface area contributed by atoms with Crippen LogP contribution in [0.15, 0.2) is 53.4 Å². The molecule has 0 unspecified atom stereocenters. The summed E-state index contributed by atoms with van der Waals surface area (Å²) in [5.41, 5.74) is 1.69. The molecule has 0 radical (unpaired) electrons. The Morgan fingerprint density at radius 1 is 1.08 bits per heavy atom. The molecule has 2 N–H and O–H groups in total. The van der Waals surface area contributed by atoms with Crippen molar-refractivity contribution in [2.45, 2.75) is 30.4 Å². The Balaban J connectivity index is 1.78. The summed E-state index contributed by atoms with van der Waals surface area (Å²) in [6.07, 6.45) is 0.687. The number of carboxylic acid groups (broad SMARTS) is 1. The molecular weight excluding hydrogens is 350 g/mol. The third kappa shape index (κ3) is 6.80. The molecule has 0 aliphatic heterocycles. The molecule has 0 heterocycles. The third-order valence-electron chi connectivity index (χ3n) is 3.47. The SMILES string of the molecule is CC(C)Sc1ccc(C(=O)NCCc2ccc(OCC(=O)O)cc2)cc1. The van der Waals surface area contributed by atoms with Crippen molar-refractivity contribution >= 4 is 23.6 Å². The highest BCUT2D eigenvalue weighted by Gasteiger charge is 2.06. The largest absolute Gasteiger partial charge is 0.482 e. The molecule has 0 aromatic heterocycles. The topological polar surface area (TPSA) is 75.6 Å². The summed E-state index contributed by atoms with van der Waals surface area (Å²) >= 11 is 1.77. The van der Waals surface area contributed by atoms with Crippen LogP contribution in [0, 0.1) is 0 Å². The molecule has 0 aliphatic rings. The minimum Gasteiger partial charge on any atom is -0.482 e. The fraction of sp³-hybridized carbons (Fsp3) is 0.300. The van der Waals surface area contributed by atoms with Crippen molar-refractivity contribution in [3.63, 3.8) is 0 Å². The molecule has 2 aromatic carbocycles. The van der Waals surface area contributed by atoms with Gasteiger partial charge in [-0.2, -0.15) is 0 Å². The van der Waals surface area contributed by atoms with Crippen LogP contribution in [0.1, 0.15) is 29.8 Å². The van der Waals surface area contributed by atoms with Gasteiger partial charge in [0.2, 0.25) is 0 Å². The van der Waals surface area contributed by atoms with E-state index in [2.05, 4.69) is 19.2 Å². The highest BCUT2D eigenvalue weighted by Crippen LogP contribution is 2.22. The maximum absolute atomic E-state index is 12.2. The quantitative estimate of drug-likeness (QED) is 0.657. The van der Waals surface area contributed by atoms with E-state index in [1.807, 2.05) is 36.4 Å². The van der Waals surface area contributed by atoms with E-state index in [1.54, 1.807) is 23.9 Å². The Bertz CT molecular complexity index is 726. The number of hydrogen-bond donors (Lipinski definition) is 2. The number of rotatable bonds is 9. The van der Waals surface area contributed by atoms with Gasteiger partial charge < -0.3 is 15.2 Å². The molecule has 0 bridgehead atoms. The van der Waals surface area contributed by atoms with Gasteiger partial charge in [0.05, 0.1) is 0 Å². The highest BCUT2D eigenvalue weighted by molar-refractivity contribution is 7.99. The number of benzene rings is 2. The smallest absolute Gasteiger partial charge is 0.341 e. The monoisotopic (exact) mass is 373 g/mol. The molecule has 0 aliphatic carbocycles. The molecule has 138 valence electrons. The number of carbonyl (C=O) groups excluding carboxylic acids is 1. The Kier molecular flexibility index (Phi) is 7.53. The van der Waals surface area contributed by atoms with E-state index in [-0.39, 0.29) is 12.5 Å². The first-order chi connectivity index (χ1) is 12.4. The molecule has 0 atom stereocenters. The Morgan fingerprint density at radius 2 is 1.73 bits per heavy atom. The Labute approximate surface area is 157 Å². The van der Waals surface area contributed by atoms with Crippen LogP contribution in [0.5, 0.6) is 5.75 Å². The van der Waals surface area contributed by atoms with Gasteiger partial charge in [-0.3, -0.25) is 4.79 Å². The van der Waals surface area contributed by atoms with E-state index < -0.39 is 5.97 Å². The van der Waals surface area contributed by atoms with Crippen LogP contribution in [0.25, 0.3) is 0 Å². The summed E-state index contributed by atoms with van der Waals surface area (Å²) in [6.45, 7) is 4.44. The second kappa shape index (κ2) is 9.87. The number of ether oxygens (including phenoxy) is 1. The second-order valence-electron chi connectivity index (χ2n) is 6.02. The molecule has 26 heavy (non-hydrogen) atoms. The fourth-order valence-electron chi connectivity index (χ4n) is 2.28. The van der Waals surface area contributed by atoms with Crippen molar-refractivity contribution in [3.05, 3.63) is 59.7 Å². The summed E-state index contributed by atoms with van der Waals surface area (Å²) < 4.78 is 5.09. The molecule has 2 rings (SSSR count). The summed E-state index contributed by atoms with van der Waals surface area (Å²) in [6, 6.07) is 14.8. The van der Waals surface area contributed by atoms with Crippen LogP contribution in [0.3, 0.4) is 0 Å². The maximum Gasteiger partial charge on any atom is 0.341 e. The lowest BCUT2D eigenvalue weighted by atomic mass is 10.1. The Morgan fingerprint density at radius 3 is 2.31 bits per heavy atom. The number of thioether (sulfide) groups is 1. The number of hydrogen-bond acceptors (Lipinski definition) is 4. The molecule has 0 saturated carbocycles. The summed E-state index contributed by atoms with van der Waals surface area (Å²) in [7, 11) is 0. The van der Waals surface area contributed by atoms with E-state index in [0.29, 0.717) is 29.5 Å². The molecular formula is C20H23NO4S. The van der Waals surface area contributed by atoms with E-state index >= 15 is 0 Å². The van der Waals surface area contributed by atoms with Crippen molar-refractivity contribution < 1.29 is 19.4 Å². The number of carbonyl (C=O) groups is 2. The van der Waals surface area contributed by atoms with Gasteiger partial charge in [0.1, 0.15) is 5.75 Å². The van der Waals surface area contributed by atoms with Crippen LogP contribution in [0.4, 0.5) is 0 Å². The van der Waals surface area contributed by atoms with Gasteiger partial charge in [0.25, 0.3) is 5.91 Å². The zero-order valence-corrected chi connectivity index (χ0v) is 15.7. The number of nitrogens with one attached hydrogen (secondary N) is 1. The number of carboxylic acids is 1. The highest BCUT2D eigenvalue weighted by atomic mass is 32.2. The second-order valence-corrected chi connectivity index (χ2v) is 7.67. The Hall–Kier alpha value is -2.47. The van der Waals surface area contributed by atoms with Gasteiger partial charge >= 0.3 is 5.97 Å². The van der Waals surface area contributed by atoms with Crippen LogP contribution < -0.4 is 10.1 Å². The molecule has 0 fully saturated rings. The van der Waals surface area contributed by atoms with Crippen LogP contribution in [-0.2, 0) is 11.2 Å². The third-order valence-corrected chi connectivity index (χ3v) is 4.49. The summed E-state index contributed by atoms with van der Waals surface area (Å²) in [5, 5.41) is 12.0. The van der Waals surface area contributed by atoms with E-state index in [9.17, 15) is 9.59 Å². The van der Waals surface area contributed by atoms with Crippen LogP contribution >= 0.6 is 11.8 Å². The van der Waals surface area contributed by atoms with Crippen molar-refractivity contribution in [1.29, 1.82) is 0 Å². The molecule has 2 aromatic rings. The first kappa shape index (κ1) is 19.8. The lowest BCUT2D eigenvalue weighted by Crippen LogP contribution is -2.25. The molecule has 6 heteroatoms. The normalized spacial score (nSPS) is 10.6. The van der Waals surface area contributed by atoms with Gasteiger partial charge in [0, 0.05) is 22.3 Å². The molecule has 1 amide bonds. The standard InChI is InChI=1S/C20H23NO4S/c1-14(2)26-18-9-5-16(6-10-18)20(24)21-12-11-15-3-7-17(8-4-15)25-13-19(22)23/h3-10,14H,11-13H2,1-2H3,(H,21,24)(H,22,23). The first-order valence-corrected chi connectivity index (χ1v) is 9.30. The van der Waals surface area contributed by atoms with Crippen molar-refractivity contribution in [3.8, 4) is 5.75 Å². The van der Waals surface area contributed by atoms with Crippen LogP contribution in [-0.4, -0.2) is 35.4 Å². The van der Waals surface area contributed by atoms with Crippen LogP contribution in [0.2, 0.25) is 0 Å². The number of amides is 1. The van der Waals surface area contributed by atoms with Gasteiger partial charge in [-0.25, -0.2) is 4.79 Å². The lowest BCUT2D eigenvalue weighted by molar-refractivity contribution is -0.139. The average Bonchev–Trinajstić information content (AvgIpc) is 2.61. The number of aliphatic carboxylic acids is 1. The first-order valence-electron chi connectivity index (χ1n) is 8.42. The van der Waals surface area contributed by atoms with Crippen molar-refractivity contribution in [2.24, 2.45) is 0 Å². The summed E-state index contributed by atoms with van der Waals surface area (Å²) in [5.74, 6) is -0.584. The predicted octanol–water partition coefficient (Wildman–Crippen LogP) is 3.62. The molecule has 5 nitrogen and oxygen atoms in total. The van der Waals surface area contributed by atoms with Gasteiger partial charge in [-0.1, -0.05) is 26.0 Å². The minimum atomic E-state index is -1.01. The van der Waals surface area contributed by atoms with E-state index in [4.69, 9.17) is 9.84 Å². The lowest BCUT2D eigenvalue weighted by Gasteiger charge is -2.08. The van der Waals surface area contributed by atoms with Gasteiger partial charge in [-0.05, 0) is 48.4 Å². The maximum atomic E-state index is 12.2. The van der Waals surface area contributed by atoms with E-state index in [1.165, 1.54) is 0 Å². The molecule has 0 spiro atoms. The average molecular weight is 373 g/mol. The summed E-state index contributed by atoms with van der Waals surface area (Å²) in [4.78, 5) is 23.8. The predicted molar refractivity (Wildman–Crippen MR) is 103 cm³/mol. The zero-order valence-electron chi connectivity index (χ0n) is 14.9. The van der Waals surface area contributed by atoms with Gasteiger partial charge in [0.15, 0.2) is 6.61 Å². The van der Waals surface area contributed by atoms with E-state index in [0.717, 1.165) is 10.5 Å². The zero-order chi connectivity index (χ0) is 18.9. The fourth-order valence-corrected chi connectivity index (χ4v) is 3.11. The van der Waals surface area contributed by atoms with Crippen molar-refractivity contribution in [2.75, 3.05) is 13.2 Å². The molecule has 0 saturated heterocycles. The van der Waals surface area contributed by atoms with Crippen molar-refractivity contribution in [1.82, 2.24) is 5.32 Å².